The van der Waals surface area contributed by atoms with Crippen molar-refractivity contribution in [3.63, 3.8) is 0 Å². The topological polar surface area (TPSA) is 9.23 Å². The summed E-state index contributed by atoms with van der Waals surface area (Å²) in [5, 5.41) is 0. The zero-order valence-electron chi connectivity index (χ0n) is 8.88. The number of hydrogen-bond donors (Lipinski definition) is 1. The quantitative estimate of drug-likeness (QED) is 0.798. The van der Waals surface area contributed by atoms with E-state index in [4.69, 9.17) is 4.74 Å². The fraction of sp³-hybridized carbons (Fsp3) is 0.500. The summed E-state index contributed by atoms with van der Waals surface area (Å²) >= 11 is 4.28. The molecule has 0 heterocycles. The van der Waals surface area contributed by atoms with Crippen LogP contribution in [0.15, 0.2) is 18.2 Å². The Morgan fingerprint density at radius 1 is 1.31 bits per heavy atom. The van der Waals surface area contributed by atoms with Crippen molar-refractivity contribution in [3.8, 4) is 5.75 Å². The predicted octanol–water partition coefficient (Wildman–Crippen LogP) is 3.44. The Kier molecular flexibility index (Phi) is 3.38. The minimum absolute atomic E-state index is 0.00643. The highest BCUT2D eigenvalue weighted by molar-refractivity contribution is 7.80. The summed E-state index contributed by atoms with van der Waals surface area (Å²) in [6.45, 7) is 0.414. The maximum atomic E-state index is 13.3. The molecule has 16 heavy (non-hydrogen) atoms. The van der Waals surface area contributed by atoms with Crippen molar-refractivity contribution in [2.24, 2.45) is 5.41 Å². The monoisotopic (exact) mass is 244 g/mol. The van der Waals surface area contributed by atoms with Gasteiger partial charge in [0.2, 0.25) is 0 Å². The van der Waals surface area contributed by atoms with Gasteiger partial charge in [-0.3, -0.25) is 0 Å². The molecule has 0 bridgehead atoms. The Morgan fingerprint density at radius 2 is 2.06 bits per heavy atom. The first-order valence-corrected chi connectivity index (χ1v) is 5.97. The highest BCUT2D eigenvalue weighted by Crippen LogP contribution is 2.42. The van der Waals surface area contributed by atoms with Crippen LogP contribution in [0.5, 0.6) is 5.75 Å². The van der Waals surface area contributed by atoms with E-state index in [0.29, 0.717) is 6.61 Å². The molecule has 0 unspecified atom stereocenters. The van der Waals surface area contributed by atoms with Crippen LogP contribution in [0.1, 0.15) is 19.3 Å². The molecule has 1 aliphatic rings. The molecule has 1 aromatic rings. The first-order valence-electron chi connectivity index (χ1n) is 5.34. The van der Waals surface area contributed by atoms with E-state index in [0.717, 1.165) is 43.2 Å². The maximum Gasteiger partial charge on any atom is 0.165 e. The van der Waals surface area contributed by atoms with E-state index in [2.05, 4.69) is 12.6 Å². The van der Waals surface area contributed by atoms with Crippen molar-refractivity contribution in [2.45, 2.75) is 19.3 Å². The fourth-order valence-electron chi connectivity index (χ4n) is 1.84. The van der Waals surface area contributed by atoms with Gasteiger partial charge in [0.15, 0.2) is 11.6 Å². The van der Waals surface area contributed by atoms with E-state index in [-0.39, 0.29) is 11.2 Å². The molecular formula is C12H14F2OS. The second-order valence-electron chi connectivity index (χ2n) is 4.38. The highest BCUT2D eigenvalue weighted by atomic mass is 32.1. The van der Waals surface area contributed by atoms with Gasteiger partial charge in [-0.25, -0.2) is 8.78 Å². The van der Waals surface area contributed by atoms with Crippen LogP contribution in [-0.4, -0.2) is 12.4 Å². The molecule has 0 aromatic heterocycles. The predicted molar refractivity (Wildman–Crippen MR) is 62.0 cm³/mol. The van der Waals surface area contributed by atoms with Gasteiger partial charge in [-0.1, -0.05) is 6.42 Å². The summed E-state index contributed by atoms with van der Waals surface area (Å²) in [4.78, 5) is 0. The first-order chi connectivity index (χ1) is 7.65. The molecule has 0 N–H and O–H groups in total. The van der Waals surface area contributed by atoms with Crippen molar-refractivity contribution < 1.29 is 13.5 Å². The lowest BCUT2D eigenvalue weighted by molar-refractivity contribution is 0.0803. The van der Waals surface area contributed by atoms with Crippen molar-refractivity contribution in [3.05, 3.63) is 29.8 Å². The Hall–Kier alpha value is -0.770. The van der Waals surface area contributed by atoms with Gasteiger partial charge in [0.25, 0.3) is 0 Å². The van der Waals surface area contributed by atoms with E-state index in [1.165, 1.54) is 0 Å². The fourth-order valence-corrected chi connectivity index (χ4v) is 2.25. The molecule has 0 radical (unpaired) electrons. The zero-order chi connectivity index (χ0) is 11.6. The van der Waals surface area contributed by atoms with Gasteiger partial charge in [0, 0.05) is 11.5 Å². The van der Waals surface area contributed by atoms with Gasteiger partial charge in [-0.05, 0) is 30.7 Å². The van der Waals surface area contributed by atoms with Crippen LogP contribution in [0.2, 0.25) is 0 Å². The largest absolute Gasteiger partial charge is 0.490 e. The van der Waals surface area contributed by atoms with Gasteiger partial charge >= 0.3 is 0 Å². The summed E-state index contributed by atoms with van der Waals surface area (Å²) in [6.07, 6.45) is 3.26. The highest BCUT2D eigenvalue weighted by Gasteiger charge is 2.36. The van der Waals surface area contributed by atoms with Crippen molar-refractivity contribution in [1.82, 2.24) is 0 Å². The van der Waals surface area contributed by atoms with Crippen LogP contribution in [0.25, 0.3) is 0 Å². The summed E-state index contributed by atoms with van der Waals surface area (Å²) in [6, 6.07) is 3.25. The summed E-state index contributed by atoms with van der Waals surface area (Å²) in [7, 11) is 0. The third-order valence-corrected chi connectivity index (χ3v) is 3.85. The molecule has 1 fully saturated rings. The second kappa shape index (κ2) is 4.62. The standard InChI is InChI=1S/C12H14F2OS/c13-9-2-3-10(14)11(6-9)15-7-12(8-16)4-1-5-12/h2-3,6,16H,1,4-5,7-8H2. The molecule has 1 aromatic carbocycles. The molecule has 0 saturated heterocycles. The molecule has 1 saturated carbocycles. The Bertz CT molecular complexity index is 372. The van der Waals surface area contributed by atoms with Gasteiger partial charge < -0.3 is 4.74 Å². The first kappa shape index (κ1) is 11.7. The zero-order valence-corrected chi connectivity index (χ0v) is 9.77. The van der Waals surface area contributed by atoms with Crippen LogP contribution in [0.3, 0.4) is 0 Å². The van der Waals surface area contributed by atoms with E-state index in [9.17, 15) is 8.78 Å². The minimum atomic E-state index is -0.518. The average Bonchev–Trinajstić information content (AvgIpc) is 2.22. The molecule has 0 amide bonds. The molecular weight excluding hydrogens is 230 g/mol. The Balaban J connectivity index is 2.01. The van der Waals surface area contributed by atoms with E-state index < -0.39 is 11.6 Å². The lowest BCUT2D eigenvalue weighted by Gasteiger charge is -2.40. The molecule has 88 valence electrons. The van der Waals surface area contributed by atoms with E-state index in [1.54, 1.807) is 0 Å². The van der Waals surface area contributed by atoms with Gasteiger partial charge in [-0.2, -0.15) is 12.6 Å². The second-order valence-corrected chi connectivity index (χ2v) is 4.69. The maximum absolute atomic E-state index is 13.3. The van der Waals surface area contributed by atoms with Crippen molar-refractivity contribution in [2.75, 3.05) is 12.4 Å². The molecule has 0 spiro atoms. The van der Waals surface area contributed by atoms with Crippen LogP contribution >= 0.6 is 12.6 Å². The van der Waals surface area contributed by atoms with Crippen molar-refractivity contribution in [1.29, 1.82) is 0 Å². The molecule has 2 rings (SSSR count). The summed E-state index contributed by atoms with van der Waals surface area (Å²) in [5.74, 6) is -0.280. The summed E-state index contributed by atoms with van der Waals surface area (Å²) in [5.41, 5.74) is 0.0574. The SMILES string of the molecule is Fc1ccc(F)c(OCC2(CS)CCC2)c1. The van der Waals surface area contributed by atoms with Gasteiger partial charge in [-0.15, -0.1) is 0 Å². The van der Waals surface area contributed by atoms with Gasteiger partial charge in [0.1, 0.15) is 5.82 Å². The van der Waals surface area contributed by atoms with Crippen LogP contribution < -0.4 is 4.74 Å². The van der Waals surface area contributed by atoms with Crippen LogP contribution in [0, 0.1) is 17.0 Å². The van der Waals surface area contributed by atoms with Gasteiger partial charge in [0.05, 0.1) is 6.61 Å². The third kappa shape index (κ3) is 2.32. The Labute approximate surface area is 99.2 Å². The number of benzene rings is 1. The minimum Gasteiger partial charge on any atom is -0.490 e. The lowest BCUT2D eigenvalue weighted by Crippen LogP contribution is -2.37. The van der Waals surface area contributed by atoms with Crippen LogP contribution in [-0.2, 0) is 0 Å². The molecule has 0 atom stereocenters. The Morgan fingerprint density at radius 3 is 2.62 bits per heavy atom. The molecule has 4 heteroatoms. The summed E-state index contributed by atoms with van der Waals surface area (Å²) < 4.78 is 31.5. The molecule has 1 nitrogen and oxygen atoms in total. The number of rotatable bonds is 4. The van der Waals surface area contributed by atoms with E-state index in [1.807, 2.05) is 0 Å². The smallest absolute Gasteiger partial charge is 0.165 e. The number of ether oxygens (including phenoxy) is 1. The van der Waals surface area contributed by atoms with Crippen LogP contribution in [0.4, 0.5) is 8.78 Å². The molecule has 0 aliphatic heterocycles. The number of halogens is 2. The number of thiol groups is 1. The average molecular weight is 244 g/mol. The van der Waals surface area contributed by atoms with Crippen molar-refractivity contribution >= 4 is 12.6 Å². The normalized spacial score (nSPS) is 17.9. The lowest BCUT2D eigenvalue weighted by atomic mass is 9.71. The number of hydrogen-bond acceptors (Lipinski definition) is 2. The third-order valence-electron chi connectivity index (χ3n) is 3.18. The molecule has 1 aliphatic carbocycles. The van der Waals surface area contributed by atoms with E-state index >= 15 is 0 Å².